The van der Waals surface area contributed by atoms with Gasteiger partial charge in [0.2, 0.25) is 0 Å². The minimum Gasteiger partial charge on any atom is -0.464 e. The van der Waals surface area contributed by atoms with Gasteiger partial charge in [0.15, 0.2) is 5.82 Å². The van der Waals surface area contributed by atoms with Gasteiger partial charge in [0.1, 0.15) is 11.7 Å². The van der Waals surface area contributed by atoms with Gasteiger partial charge in [-0.2, -0.15) is 0 Å². The molecular formula is C27H29N7O2. The average molecular weight is 484 g/mol. The zero-order valence-electron chi connectivity index (χ0n) is 21.0. The van der Waals surface area contributed by atoms with E-state index in [0.717, 1.165) is 27.4 Å². The van der Waals surface area contributed by atoms with Crippen molar-refractivity contribution in [2.75, 3.05) is 7.11 Å². The molecule has 3 aromatic heterocycles. The zero-order chi connectivity index (χ0) is 25.4. The fourth-order valence-corrected chi connectivity index (χ4v) is 4.38. The van der Waals surface area contributed by atoms with E-state index in [1.54, 1.807) is 10.7 Å². The van der Waals surface area contributed by atoms with Crippen LogP contribution in [0.2, 0.25) is 0 Å². The molecule has 1 atom stereocenters. The van der Waals surface area contributed by atoms with Crippen molar-refractivity contribution >= 4 is 27.8 Å². The highest BCUT2D eigenvalue weighted by Crippen LogP contribution is 2.33. The minimum atomic E-state index is -0.513. The third-order valence-electron chi connectivity index (χ3n) is 6.21. The molecule has 0 fully saturated rings. The third kappa shape index (κ3) is 4.33. The first kappa shape index (κ1) is 23.6. The summed E-state index contributed by atoms with van der Waals surface area (Å²) in [6.07, 6.45) is 0. The number of hydrogen-bond donors (Lipinski definition) is 2. The summed E-state index contributed by atoms with van der Waals surface area (Å²) >= 11 is 0. The van der Waals surface area contributed by atoms with Crippen LogP contribution in [-0.2, 0) is 16.8 Å². The van der Waals surface area contributed by atoms with Gasteiger partial charge in [0.05, 0.1) is 23.9 Å². The monoisotopic (exact) mass is 483 g/mol. The number of esters is 1. The van der Waals surface area contributed by atoms with E-state index < -0.39 is 12.0 Å². The Kier molecular flexibility index (Phi) is 6.01. The van der Waals surface area contributed by atoms with Crippen molar-refractivity contribution in [2.24, 2.45) is 0 Å². The van der Waals surface area contributed by atoms with E-state index in [4.69, 9.17) is 9.72 Å². The molecule has 9 heteroatoms. The molecule has 184 valence electrons. The molecule has 0 aliphatic heterocycles. The summed E-state index contributed by atoms with van der Waals surface area (Å²) in [6, 6.07) is 17.6. The van der Waals surface area contributed by atoms with Crippen molar-refractivity contribution in [2.45, 2.75) is 45.8 Å². The quantitative estimate of drug-likeness (QED) is 0.344. The van der Waals surface area contributed by atoms with Gasteiger partial charge < -0.3 is 9.72 Å². The number of carbonyl (C=O) groups excluding carboxylic acids is 1. The van der Waals surface area contributed by atoms with Crippen molar-refractivity contribution < 1.29 is 9.53 Å². The normalized spacial score (nSPS) is 12.8. The highest BCUT2D eigenvalue weighted by atomic mass is 16.5. The largest absolute Gasteiger partial charge is 0.464 e. The number of para-hydroxylation sites is 1. The SMILES string of the molecule is COC(=O)c1cc2c([nH]c3ccccc32)c([C@H](NCc2ccc(C)cc2)c2nnnn2C(C)(C)C)n1. The molecule has 0 amide bonds. The lowest BCUT2D eigenvalue weighted by Gasteiger charge is -2.25. The molecular weight excluding hydrogens is 454 g/mol. The zero-order valence-corrected chi connectivity index (χ0v) is 21.0. The fraction of sp³-hybridized carbons (Fsp3) is 0.296. The lowest BCUT2D eigenvalue weighted by Crippen LogP contribution is -2.32. The van der Waals surface area contributed by atoms with Crippen LogP contribution in [0.3, 0.4) is 0 Å². The summed E-state index contributed by atoms with van der Waals surface area (Å²) < 4.78 is 6.83. The molecule has 0 aliphatic carbocycles. The number of benzene rings is 2. The van der Waals surface area contributed by atoms with Crippen LogP contribution in [-0.4, -0.2) is 43.3 Å². The number of aromatic amines is 1. The Hall–Kier alpha value is -4.11. The van der Waals surface area contributed by atoms with Gasteiger partial charge >= 0.3 is 5.97 Å². The first-order valence-corrected chi connectivity index (χ1v) is 11.8. The molecule has 0 saturated heterocycles. The molecule has 36 heavy (non-hydrogen) atoms. The van der Waals surface area contributed by atoms with Crippen molar-refractivity contribution in [3.05, 3.63) is 82.9 Å². The summed E-state index contributed by atoms with van der Waals surface area (Å²) in [7, 11) is 1.36. The average Bonchev–Trinajstić information content (AvgIpc) is 3.50. The number of H-pyrrole nitrogens is 1. The summed E-state index contributed by atoms with van der Waals surface area (Å²) in [5, 5.41) is 18.2. The molecule has 2 N–H and O–H groups in total. The van der Waals surface area contributed by atoms with Crippen molar-refractivity contribution in [1.82, 2.24) is 35.5 Å². The van der Waals surface area contributed by atoms with Crippen LogP contribution in [0.15, 0.2) is 54.6 Å². The molecule has 5 aromatic rings. The van der Waals surface area contributed by atoms with Gasteiger partial charge in [-0.25, -0.2) is 14.5 Å². The van der Waals surface area contributed by atoms with E-state index in [1.165, 1.54) is 12.7 Å². The van der Waals surface area contributed by atoms with Crippen LogP contribution in [0.1, 0.15) is 59.9 Å². The van der Waals surface area contributed by atoms with Gasteiger partial charge in [-0.05, 0) is 55.8 Å². The lowest BCUT2D eigenvalue weighted by atomic mass is 10.0. The summed E-state index contributed by atoms with van der Waals surface area (Å²) in [6.45, 7) is 8.74. The van der Waals surface area contributed by atoms with Crippen LogP contribution in [0, 0.1) is 6.92 Å². The van der Waals surface area contributed by atoms with E-state index in [1.807, 2.05) is 45.0 Å². The number of aromatic nitrogens is 6. The summed E-state index contributed by atoms with van der Waals surface area (Å²) in [5.74, 6) is 0.0974. The van der Waals surface area contributed by atoms with Crippen LogP contribution in [0.5, 0.6) is 0 Å². The molecule has 0 spiro atoms. The summed E-state index contributed by atoms with van der Waals surface area (Å²) in [4.78, 5) is 21.0. The Bertz CT molecular complexity index is 1540. The predicted octanol–water partition coefficient (Wildman–Crippen LogP) is 4.43. The van der Waals surface area contributed by atoms with E-state index in [0.29, 0.717) is 18.1 Å². The van der Waals surface area contributed by atoms with Crippen molar-refractivity contribution in [1.29, 1.82) is 0 Å². The molecule has 9 nitrogen and oxygen atoms in total. The predicted molar refractivity (Wildman–Crippen MR) is 138 cm³/mol. The second kappa shape index (κ2) is 9.16. The number of pyridine rings is 1. The fourth-order valence-electron chi connectivity index (χ4n) is 4.38. The standard InChI is InChI=1S/C27H29N7O2/c1-16-10-12-17(13-11-16)15-28-24(25-31-32-33-34(25)27(2,3)4)23-22-19(14-21(30-23)26(35)36-5)18-8-6-7-9-20(18)29-22/h6-14,24,28-29H,15H2,1-5H3/t24-/m0/s1. The first-order chi connectivity index (χ1) is 17.3. The maximum atomic E-state index is 12.7. The Morgan fingerprint density at radius 1 is 1.11 bits per heavy atom. The number of nitrogens with one attached hydrogen (secondary N) is 2. The number of rotatable bonds is 6. The van der Waals surface area contributed by atoms with Crippen molar-refractivity contribution in [3.8, 4) is 0 Å². The van der Waals surface area contributed by atoms with Crippen molar-refractivity contribution in [3.63, 3.8) is 0 Å². The smallest absolute Gasteiger partial charge is 0.356 e. The molecule has 0 unspecified atom stereocenters. The number of nitrogens with zero attached hydrogens (tertiary/aromatic N) is 5. The number of tetrazole rings is 1. The van der Waals surface area contributed by atoms with E-state index in [9.17, 15) is 4.79 Å². The molecule has 5 rings (SSSR count). The van der Waals surface area contributed by atoms with E-state index >= 15 is 0 Å². The Morgan fingerprint density at radius 2 is 1.86 bits per heavy atom. The Balaban J connectivity index is 1.73. The molecule has 3 heterocycles. The topological polar surface area (TPSA) is 111 Å². The van der Waals surface area contributed by atoms with Crippen LogP contribution in [0.25, 0.3) is 21.8 Å². The van der Waals surface area contributed by atoms with Gasteiger partial charge in [0.25, 0.3) is 0 Å². The number of hydrogen-bond acceptors (Lipinski definition) is 7. The highest BCUT2D eigenvalue weighted by Gasteiger charge is 2.31. The number of methoxy groups -OCH3 is 1. The van der Waals surface area contributed by atoms with Crippen LogP contribution >= 0.6 is 0 Å². The van der Waals surface area contributed by atoms with Gasteiger partial charge in [-0.1, -0.05) is 48.0 Å². The highest BCUT2D eigenvalue weighted by molar-refractivity contribution is 6.09. The Morgan fingerprint density at radius 3 is 2.58 bits per heavy atom. The molecule has 0 bridgehead atoms. The molecule has 0 aliphatic rings. The number of aryl methyl sites for hydroxylation is 1. The first-order valence-electron chi connectivity index (χ1n) is 11.8. The molecule has 2 aromatic carbocycles. The van der Waals surface area contributed by atoms with Crippen LogP contribution < -0.4 is 5.32 Å². The van der Waals surface area contributed by atoms with Crippen LogP contribution in [0.4, 0.5) is 0 Å². The van der Waals surface area contributed by atoms with E-state index in [2.05, 4.69) is 57.0 Å². The number of fused-ring (bicyclic) bond motifs is 3. The number of ether oxygens (including phenoxy) is 1. The summed E-state index contributed by atoms with van der Waals surface area (Å²) in [5.41, 5.74) is 4.54. The lowest BCUT2D eigenvalue weighted by molar-refractivity contribution is 0.0594. The maximum Gasteiger partial charge on any atom is 0.356 e. The second-order valence-electron chi connectivity index (χ2n) is 9.90. The maximum absolute atomic E-state index is 12.7. The number of carbonyl (C=O) groups is 1. The second-order valence-corrected chi connectivity index (χ2v) is 9.90. The van der Waals surface area contributed by atoms with Gasteiger partial charge in [-0.15, -0.1) is 5.10 Å². The van der Waals surface area contributed by atoms with E-state index in [-0.39, 0.29) is 11.2 Å². The third-order valence-corrected chi connectivity index (χ3v) is 6.21. The Labute approximate surface area is 208 Å². The molecule has 0 saturated carbocycles. The molecule has 0 radical (unpaired) electrons. The van der Waals surface area contributed by atoms with Gasteiger partial charge in [-0.3, -0.25) is 5.32 Å². The van der Waals surface area contributed by atoms with Gasteiger partial charge in [0, 0.05) is 22.8 Å². The minimum absolute atomic E-state index is 0.224.